The minimum Gasteiger partial charge on any atom is -0.371 e. The first-order valence-electron chi connectivity index (χ1n) is 6.64. The van der Waals surface area contributed by atoms with Crippen LogP contribution in [-0.2, 0) is 11.2 Å². The molecule has 1 atom stereocenters. The van der Waals surface area contributed by atoms with E-state index in [9.17, 15) is 9.18 Å². The highest BCUT2D eigenvalue weighted by molar-refractivity contribution is 5.97. The molecule has 0 aromatic heterocycles. The largest absolute Gasteiger partial charge is 0.371 e. The van der Waals surface area contributed by atoms with Crippen molar-refractivity contribution >= 4 is 17.3 Å². The van der Waals surface area contributed by atoms with Gasteiger partial charge in [0.2, 0.25) is 5.91 Å². The maximum absolute atomic E-state index is 13.6. The number of amides is 1. The molecule has 20 heavy (non-hydrogen) atoms. The van der Waals surface area contributed by atoms with E-state index in [1.54, 1.807) is 18.2 Å². The van der Waals surface area contributed by atoms with Crippen molar-refractivity contribution in [2.24, 2.45) is 0 Å². The molecule has 1 aliphatic heterocycles. The van der Waals surface area contributed by atoms with Crippen molar-refractivity contribution in [2.75, 3.05) is 10.6 Å². The zero-order valence-corrected chi connectivity index (χ0v) is 10.9. The van der Waals surface area contributed by atoms with Crippen LogP contribution in [0.25, 0.3) is 0 Å². The standard InChI is InChI=1S/C16H15FN2O/c17-12-6-2-4-8-14(12)18-15-10-9-11-5-1-3-7-13(11)19-16(15)20/h1-8,15,18H,9-10H2,(H,19,20). The van der Waals surface area contributed by atoms with E-state index in [-0.39, 0.29) is 11.7 Å². The Bertz CT molecular complexity index is 642. The van der Waals surface area contributed by atoms with Gasteiger partial charge in [-0.1, -0.05) is 30.3 Å². The highest BCUT2D eigenvalue weighted by Gasteiger charge is 2.23. The van der Waals surface area contributed by atoms with Gasteiger partial charge >= 0.3 is 0 Å². The van der Waals surface area contributed by atoms with Crippen LogP contribution in [-0.4, -0.2) is 11.9 Å². The second-order valence-corrected chi connectivity index (χ2v) is 4.86. The molecule has 0 aliphatic carbocycles. The summed E-state index contributed by atoms with van der Waals surface area (Å²) in [4.78, 5) is 12.2. The second kappa shape index (κ2) is 5.33. The molecule has 0 spiro atoms. The topological polar surface area (TPSA) is 41.1 Å². The summed E-state index contributed by atoms with van der Waals surface area (Å²) in [6.07, 6.45) is 1.41. The van der Waals surface area contributed by atoms with Crippen LogP contribution in [0.4, 0.5) is 15.8 Å². The van der Waals surface area contributed by atoms with Crippen molar-refractivity contribution in [3.63, 3.8) is 0 Å². The molecule has 4 heteroatoms. The number of para-hydroxylation sites is 2. The molecule has 0 fully saturated rings. The van der Waals surface area contributed by atoms with Gasteiger partial charge in [0, 0.05) is 5.69 Å². The first kappa shape index (κ1) is 12.7. The molecule has 0 radical (unpaired) electrons. The molecule has 1 unspecified atom stereocenters. The summed E-state index contributed by atoms with van der Waals surface area (Å²) in [5.41, 5.74) is 2.31. The van der Waals surface area contributed by atoms with Crippen molar-refractivity contribution in [3.8, 4) is 0 Å². The molecule has 0 bridgehead atoms. The van der Waals surface area contributed by atoms with Crippen LogP contribution in [0.5, 0.6) is 0 Å². The Morgan fingerprint density at radius 2 is 1.85 bits per heavy atom. The molecular formula is C16H15FN2O. The van der Waals surface area contributed by atoms with Gasteiger partial charge in [-0.15, -0.1) is 0 Å². The Hall–Kier alpha value is -2.36. The molecular weight excluding hydrogens is 255 g/mol. The van der Waals surface area contributed by atoms with E-state index in [2.05, 4.69) is 10.6 Å². The molecule has 102 valence electrons. The fourth-order valence-corrected chi connectivity index (χ4v) is 2.41. The van der Waals surface area contributed by atoms with Gasteiger partial charge in [-0.2, -0.15) is 0 Å². The third-order valence-corrected chi connectivity index (χ3v) is 3.50. The molecule has 1 aliphatic rings. The average molecular weight is 270 g/mol. The van der Waals surface area contributed by atoms with Crippen molar-refractivity contribution in [3.05, 3.63) is 59.9 Å². The lowest BCUT2D eigenvalue weighted by atomic mass is 10.1. The Morgan fingerprint density at radius 3 is 2.70 bits per heavy atom. The van der Waals surface area contributed by atoms with Gasteiger partial charge in [0.05, 0.1) is 5.69 Å². The number of nitrogens with one attached hydrogen (secondary N) is 2. The summed E-state index contributed by atoms with van der Waals surface area (Å²) >= 11 is 0. The third-order valence-electron chi connectivity index (χ3n) is 3.50. The monoisotopic (exact) mass is 270 g/mol. The van der Waals surface area contributed by atoms with Crippen LogP contribution in [0.2, 0.25) is 0 Å². The lowest BCUT2D eigenvalue weighted by Gasteiger charge is -2.16. The van der Waals surface area contributed by atoms with Crippen LogP contribution >= 0.6 is 0 Å². The fraction of sp³-hybridized carbons (Fsp3) is 0.188. The fourth-order valence-electron chi connectivity index (χ4n) is 2.41. The van der Waals surface area contributed by atoms with Gasteiger partial charge in [-0.3, -0.25) is 4.79 Å². The van der Waals surface area contributed by atoms with Crippen LogP contribution < -0.4 is 10.6 Å². The molecule has 0 saturated heterocycles. The second-order valence-electron chi connectivity index (χ2n) is 4.86. The molecule has 0 saturated carbocycles. The predicted octanol–water partition coefficient (Wildman–Crippen LogP) is 3.19. The zero-order valence-electron chi connectivity index (χ0n) is 10.9. The van der Waals surface area contributed by atoms with Gasteiger partial charge in [0.15, 0.2) is 0 Å². The molecule has 1 amide bonds. The smallest absolute Gasteiger partial charge is 0.246 e. The highest BCUT2D eigenvalue weighted by Crippen LogP contribution is 2.23. The van der Waals surface area contributed by atoms with Crippen LogP contribution in [0.3, 0.4) is 0 Å². The number of halogens is 1. The third kappa shape index (κ3) is 2.50. The average Bonchev–Trinajstić information content (AvgIpc) is 2.61. The maximum Gasteiger partial charge on any atom is 0.246 e. The van der Waals surface area contributed by atoms with Gasteiger partial charge in [0.1, 0.15) is 11.9 Å². The number of rotatable bonds is 2. The number of hydrogen-bond donors (Lipinski definition) is 2. The Labute approximate surface area is 116 Å². The van der Waals surface area contributed by atoms with Crippen molar-refractivity contribution in [1.29, 1.82) is 0 Å². The minimum absolute atomic E-state index is 0.127. The SMILES string of the molecule is O=C1Nc2ccccc2CCC1Nc1ccccc1F. The Kier molecular flexibility index (Phi) is 3.37. The van der Waals surface area contributed by atoms with E-state index in [0.717, 1.165) is 17.7 Å². The molecule has 3 nitrogen and oxygen atoms in total. The number of carbonyl (C=O) groups is 1. The first-order valence-corrected chi connectivity index (χ1v) is 6.64. The molecule has 3 rings (SSSR count). The van der Waals surface area contributed by atoms with Crippen molar-refractivity contribution < 1.29 is 9.18 Å². The Morgan fingerprint density at radius 1 is 1.10 bits per heavy atom. The van der Waals surface area contributed by atoms with Gasteiger partial charge in [0.25, 0.3) is 0 Å². The lowest BCUT2D eigenvalue weighted by Crippen LogP contribution is -2.33. The number of hydrogen-bond acceptors (Lipinski definition) is 2. The highest BCUT2D eigenvalue weighted by atomic mass is 19.1. The van der Waals surface area contributed by atoms with Crippen molar-refractivity contribution in [2.45, 2.75) is 18.9 Å². The number of aryl methyl sites for hydroxylation is 1. The van der Waals surface area contributed by atoms with E-state index < -0.39 is 6.04 Å². The van der Waals surface area contributed by atoms with Crippen molar-refractivity contribution in [1.82, 2.24) is 0 Å². The molecule has 2 aromatic rings. The normalized spacial score (nSPS) is 17.9. The predicted molar refractivity (Wildman–Crippen MR) is 77.2 cm³/mol. The number of benzene rings is 2. The van der Waals surface area contributed by atoms with Gasteiger partial charge in [-0.25, -0.2) is 4.39 Å². The summed E-state index contributed by atoms with van der Waals surface area (Å²) in [6, 6.07) is 13.7. The number of carbonyl (C=O) groups excluding carboxylic acids is 1. The van der Waals surface area contributed by atoms with E-state index >= 15 is 0 Å². The molecule has 1 heterocycles. The van der Waals surface area contributed by atoms with Gasteiger partial charge in [-0.05, 0) is 36.6 Å². The van der Waals surface area contributed by atoms with E-state index in [0.29, 0.717) is 12.1 Å². The van der Waals surface area contributed by atoms with Crippen LogP contribution in [0, 0.1) is 5.82 Å². The van der Waals surface area contributed by atoms with Gasteiger partial charge < -0.3 is 10.6 Å². The lowest BCUT2D eigenvalue weighted by molar-refractivity contribution is -0.116. The molecule has 2 aromatic carbocycles. The number of anilines is 2. The van der Waals surface area contributed by atoms with Crippen LogP contribution in [0.15, 0.2) is 48.5 Å². The minimum atomic E-state index is -0.431. The maximum atomic E-state index is 13.6. The first-order chi connectivity index (χ1) is 9.74. The summed E-state index contributed by atoms with van der Waals surface area (Å²) in [6.45, 7) is 0. The summed E-state index contributed by atoms with van der Waals surface area (Å²) in [5, 5.41) is 5.87. The summed E-state index contributed by atoms with van der Waals surface area (Å²) in [7, 11) is 0. The summed E-state index contributed by atoms with van der Waals surface area (Å²) in [5.74, 6) is -0.472. The Balaban J connectivity index is 1.80. The number of fused-ring (bicyclic) bond motifs is 1. The van der Waals surface area contributed by atoms with E-state index in [1.807, 2.05) is 24.3 Å². The van der Waals surface area contributed by atoms with Crippen LogP contribution in [0.1, 0.15) is 12.0 Å². The molecule has 2 N–H and O–H groups in total. The summed E-state index contributed by atoms with van der Waals surface area (Å²) < 4.78 is 13.6. The zero-order chi connectivity index (χ0) is 13.9. The quantitative estimate of drug-likeness (QED) is 0.880. The van der Waals surface area contributed by atoms with E-state index in [4.69, 9.17) is 0 Å². The van der Waals surface area contributed by atoms with E-state index in [1.165, 1.54) is 6.07 Å².